The molecular weight excluding hydrogens is 267 g/mol. The highest BCUT2D eigenvalue weighted by Gasteiger charge is 2.30. The van der Waals surface area contributed by atoms with E-state index in [1.807, 2.05) is 0 Å². The lowest BCUT2D eigenvalue weighted by Gasteiger charge is -2.10. The number of halogens is 2. The van der Waals surface area contributed by atoms with Crippen LogP contribution < -0.4 is 5.73 Å². The zero-order valence-corrected chi connectivity index (χ0v) is 8.99. The molecule has 0 aliphatic carbocycles. The molecule has 1 aliphatic heterocycles. The summed E-state index contributed by atoms with van der Waals surface area (Å²) in [4.78, 5) is 14.7. The molecule has 15 heavy (non-hydrogen) atoms. The molecule has 0 radical (unpaired) electrons. The van der Waals surface area contributed by atoms with Gasteiger partial charge in [-0.15, -0.1) is 0 Å². The van der Waals surface area contributed by atoms with Gasteiger partial charge in [-0.1, -0.05) is 22.0 Å². The van der Waals surface area contributed by atoms with E-state index in [9.17, 15) is 9.18 Å². The quantitative estimate of drug-likeness (QED) is 0.843. The maximum Gasteiger partial charge on any atom is 0.296 e. The average Bonchev–Trinajstić information content (AvgIpc) is 2.45. The lowest BCUT2D eigenvalue weighted by atomic mass is 10.1. The van der Waals surface area contributed by atoms with Gasteiger partial charge in [-0.05, 0) is 12.1 Å². The minimum Gasteiger partial charge on any atom is -0.447 e. The topological polar surface area (TPSA) is 64.7 Å². The number of amides is 1. The number of nitrogens with zero attached hydrogens (tertiary/aromatic N) is 1. The van der Waals surface area contributed by atoms with Crippen LogP contribution >= 0.6 is 15.9 Å². The first-order valence-corrected chi connectivity index (χ1v) is 4.87. The van der Waals surface area contributed by atoms with E-state index in [0.29, 0.717) is 10.0 Å². The number of carbonyl (C=O) groups is 1. The van der Waals surface area contributed by atoms with Crippen molar-refractivity contribution in [2.45, 2.75) is 6.10 Å². The van der Waals surface area contributed by atoms with Crippen LogP contribution in [0.1, 0.15) is 11.7 Å². The van der Waals surface area contributed by atoms with E-state index in [4.69, 9.17) is 10.5 Å². The number of aliphatic imine (C=N–C) groups is 1. The van der Waals surface area contributed by atoms with Gasteiger partial charge in [0.2, 0.25) is 6.10 Å². The third-order valence-corrected chi connectivity index (χ3v) is 2.61. The zero-order chi connectivity index (χ0) is 11.0. The van der Waals surface area contributed by atoms with Crippen molar-refractivity contribution in [3.63, 3.8) is 0 Å². The number of amidine groups is 1. The summed E-state index contributed by atoms with van der Waals surface area (Å²) >= 11 is 3.14. The van der Waals surface area contributed by atoms with Gasteiger partial charge in [0.25, 0.3) is 11.9 Å². The molecule has 1 heterocycles. The van der Waals surface area contributed by atoms with Gasteiger partial charge < -0.3 is 10.5 Å². The van der Waals surface area contributed by atoms with E-state index in [1.54, 1.807) is 0 Å². The maximum atomic E-state index is 12.8. The Kier molecular flexibility index (Phi) is 2.44. The fourth-order valence-corrected chi connectivity index (χ4v) is 1.83. The summed E-state index contributed by atoms with van der Waals surface area (Å²) in [6, 6.07) is 3.78. The second kappa shape index (κ2) is 3.62. The Bertz CT molecular complexity index is 461. The molecule has 0 bridgehead atoms. The van der Waals surface area contributed by atoms with Gasteiger partial charge in [0.05, 0.1) is 0 Å². The molecule has 2 N–H and O–H groups in total. The molecule has 0 aromatic heterocycles. The van der Waals surface area contributed by atoms with Crippen molar-refractivity contribution in [2.24, 2.45) is 10.7 Å². The predicted molar refractivity (Wildman–Crippen MR) is 54.6 cm³/mol. The SMILES string of the molecule is NC1=NC(=O)C(c2ccc(F)cc2Br)O1. The first-order valence-electron chi connectivity index (χ1n) is 4.07. The first kappa shape index (κ1) is 10.1. The molecule has 1 atom stereocenters. The van der Waals surface area contributed by atoms with Crippen LogP contribution in [0.25, 0.3) is 0 Å². The average molecular weight is 273 g/mol. The van der Waals surface area contributed by atoms with Crippen LogP contribution in [-0.4, -0.2) is 11.9 Å². The van der Waals surface area contributed by atoms with Gasteiger partial charge in [0.1, 0.15) is 5.82 Å². The minimum atomic E-state index is -0.875. The summed E-state index contributed by atoms with van der Waals surface area (Å²) < 4.78 is 18.3. The van der Waals surface area contributed by atoms with Gasteiger partial charge in [-0.2, -0.15) is 4.99 Å². The molecule has 1 aromatic rings. The Morgan fingerprint density at radius 3 is 2.80 bits per heavy atom. The predicted octanol–water partition coefficient (Wildman–Crippen LogP) is 1.50. The lowest BCUT2D eigenvalue weighted by Crippen LogP contribution is -2.14. The Morgan fingerprint density at radius 1 is 1.53 bits per heavy atom. The van der Waals surface area contributed by atoms with Crippen LogP contribution in [0.4, 0.5) is 4.39 Å². The van der Waals surface area contributed by atoms with Crippen LogP contribution in [-0.2, 0) is 9.53 Å². The summed E-state index contributed by atoms with van der Waals surface area (Å²) in [5.74, 6) is -0.884. The van der Waals surface area contributed by atoms with E-state index < -0.39 is 17.8 Å². The molecule has 2 rings (SSSR count). The van der Waals surface area contributed by atoms with Crippen LogP contribution in [0.2, 0.25) is 0 Å². The summed E-state index contributed by atoms with van der Waals surface area (Å²) in [5, 5.41) is 0. The second-order valence-corrected chi connectivity index (χ2v) is 3.81. The third kappa shape index (κ3) is 1.85. The van der Waals surface area contributed by atoms with E-state index in [-0.39, 0.29) is 6.02 Å². The number of rotatable bonds is 1. The smallest absolute Gasteiger partial charge is 0.296 e. The van der Waals surface area contributed by atoms with Gasteiger partial charge >= 0.3 is 0 Å². The highest BCUT2D eigenvalue weighted by Crippen LogP contribution is 2.30. The summed E-state index contributed by atoms with van der Waals surface area (Å²) in [5.41, 5.74) is 5.76. The van der Waals surface area contributed by atoms with Crippen LogP contribution in [0, 0.1) is 5.82 Å². The van der Waals surface area contributed by atoms with Crippen LogP contribution in [0.15, 0.2) is 27.7 Å². The second-order valence-electron chi connectivity index (χ2n) is 2.95. The van der Waals surface area contributed by atoms with Crippen LogP contribution in [0.5, 0.6) is 0 Å². The molecular formula is C9H6BrFN2O2. The molecule has 0 saturated carbocycles. The molecule has 0 fully saturated rings. The maximum absolute atomic E-state index is 12.8. The van der Waals surface area contributed by atoms with E-state index in [0.717, 1.165) is 0 Å². The number of hydrogen-bond acceptors (Lipinski definition) is 3. The number of nitrogens with two attached hydrogens (primary N) is 1. The highest BCUT2D eigenvalue weighted by molar-refractivity contribution is 9.10. The Balaban J connectivity index is 2.36. The van der Waals surface area contributed by atoms with Gasteiger partial charge in [0.15, 0.2) is 0 Å². The molecule has 1 amide bonds. The molecule has 0 spiro atoms. The highest BCUT2D eigenvalue weighted by atomic mass is 79.9. The van der Waals surface area contributed by atoms with E-state index in [1.165, 1.54) is 18.2 Å². The molecule has 4 nitrogen and oxygen atoms in total. The fraction of sp³-hybridized carbons (Fsp3) is 0.111. The summed E-state index contributed by atoms with van der Waals surface area (Å²) in [6.45, 7) is 0. The third-order valence-electron chi connectivity index (χ3n) is 1.93. The number of carbonyl (C=O) groups excluding carboxylic acids is 1. The van der Waals surface area contributed by atoms with Crippen molar-refractivity contribution in [1.82, 2.24) is 0 Å². The Labute approximate surface area is 93.1 Å². The fourth-order valence-electron chi connectivity index (χ4n) is 1.28. The first-order chi connectivity index (χ1) is 7.08. The van der Waals surface area contributed by atoms with Crippen molar-refractivity contribution in [3.05, 3.63) is 34.1 Å². The minimum absolute atomic E-state index is 0.166. The molecule has 1 aliphatic rings. The molecule has 1 unspecified atom stereocenters. The van der Waals surface area contributed by atoms with Crippen molar-refractivity contribution < 1.29 is 13.9 Å². The largest absolute Gasteiger partial charge is 0.447 e. The molecule has 1 aromatic carbocycles. The molecule has 6 heteroatoms. The van der Waals surface area contributed by atoms with Crippen molar-refractivity contribution in [3.8, 4) is 0 Å². The number of benzene rings is 1. The summed E-state index contributed by atoms with van der Waals surface area (Å²) in [7, 11) is 0. The van der Waals surface area contributed by atoms with Gasteiger partial charge in [-0.25, -0.2) is 4.39 Å². The summed E-state index contributed by atoms with van der Waals surface area (Å²) in [6.07, 6.45) is -0.875. The Hall–Kier alpha value is -1.43. The van der Waals surface area contributed by atoms with Crippen molar-refractivity contribution in [1.29, 1.82) is 0 Å². The monoisotopic (exact) mass is 272 g/mol. The zero-order valence-electron chi connectivity index (χ0n) is 7.41. The molecule has 0 saturated heterocycles. The van der Waals surface area contributed by atoms with E-state index in [2.05, 4.69) is 20.9 Å². The number of ether oxygens (including phenoxy) is 1. The standard InChI is InChI=1S/C9H6BrFN2O2/c10-6-3-4(11)1-2-5(6)7-8(14)13-9(12)15-7/h1-3,7H,(H2,12,13,14). The van der Waals surface area contributed by atoms with Gasteiger partial charge in [-0.3, -0.25) is 4.79 Å². The number of hydrogen-bond donors (Lipinski definition) is 1. The van der Waals surface area contributed by atoms with E-state index >= 15 is 0 Å². The normalized spacial score (nSPS) is 20.0. The van der Waals surface area contributed by atoms with Crippen molar-refractivity contribution in [2.75, 3.05) is 0 Å². The van der Waals surface area contributed by atoms with Crippen LogP contribution in [0.3, 0.4) is 0 Å². The van der Waals surface area contributed by atoms with Gasteiger partial charge in [0, 0.05) is 10.0 Å². The lowest BCUT2D eigenvalue weighted by molar-refractivity contribution is -0.122. The molecule has 78 valence electrons. The Morgan fingerprint density at radius 2 is 2.27 bits per heavy atom. The van der Waals surface area contributed by atoms with Crippen molar-refractivity contribution >= 4 is 27.9 Å².